The number of carbonyl (C=O) groups excluding carboxylic acids is 1. The SMILES string of the molecule is COc1ccccc1-n1c(C)nnc1SCC(=O)NN(c1ccccc1)c1ccccc1. The predicted molar refractivity (Wildman–Crippen MR) is 127 cm³/mol. The minimum Gasteiger partial charge on any atom is -0.495 e. The Bertz CT molecular complexity index is 1140. The number of hydrogen-bond acceptors (Lipinski definition) is 6. The van der Waals surface area contributed by atoms with Gasteiger partial charge in [-0.05, 0) is 43.3 Å². The van der Waals surface area contributed by atoms with Crippen molar-refractivity contribution in [3.63, 3.8) is 0 Å². The summed E-state index contributed by atoms with van der Waals surface area (Å²) in [5.74, 6) is 1.44. The molecule has 1 aromatic heterocycles. The van der Waals surface area contributed by atoms with Gasteiger partial charge in [0.05, 0.1) is 29.9 Å². The van der Waals surface area contributed by atoms with Gasteiger partial charge in [0.2, 0.25) is 5.91 Å². The van der Waals surface area contributed by atoms with Crippen LogP contribution in [0, 0.1) is 6.92 Å². The average molecular weight is 446 g/mol. The molecule has 0 aliphatic rings. The predicted octanol–water partition coefficient (Wildman–Crippen LogP) is 4.55. The van der Waals surface area contributed by atoms with Gasteiger partial charge in [-0.2, -0.15) is 0 Å². The van der Waals surface area contributed by atoms with Gasteiger partial charge in [-0.25, -0.2) is 0 Å². The molecule has 1 amide bonds. The van der Waals surface area contributed by atoms with Gasteiger partial charge in [-0.3, -0.25) is 19.8 Å². The van der Waals surface area contributed by atoms with E-state index in [2.05, 4.69) is 15.6 Å². The lowest BCUT2D eigenvalue weighted by Crippen LogP contribution is -2.40. The number of anilines is 2. The highest BCUT2D eigenvalue weighted by atomic mass is 32.2. The van der Waals surface area contributed by atoms with E-state index in [4.69, 9.17) is 4.74 Å². The van der Waals surface area contributed by atoms with Crippen LogP contribution in [-0.2, 0) is 4.79 Å². The molecule has 0 radical (unpaired) electrons. The zero-order valence-electron chi connectivity index (χ0n) is 17.8. The number of hydrazine groups is 1. The third kappa shape index (κ3) is 4.76. The molecule has 0 aliphatic heterocycles. The zero-order valence-corrected chi connectivity index (χ0v) is 18.6. The molecular formula is C24H23N5O2S. The second-order valence-electron chi connectivity index (χ2n) is 6.87. The van der Waals surface area contributed by atoms with Gasteiger partial charge in [0.1, 0.15) is 11.6 Å². The number of nitrogens with one attached hydrogen (secondary N) is 1. The molecular weight excluding hydrogens is 422 g/mol. The number of ether oxygens (including phenoxy) is 1. The number of aromatic nitrogens is 3. The smallest absolute Gasteiger partial charge is 0.249 e. The van der Waals surface area contributed by atoms with E-state index in [9.17, 15) is 4.79 Å². The van der Waals surface area contributed by atoms with E-state index in [1.54, 1.807) is 12.1 Å². The summed E-state index contributed by atoms with van der Waals surface area (Å²) in [7, 11) is 1.63. The molecule has 4 aromatic rings. The van der Waals surface area contributed by atoms with Crippen molar-refractivity contribution < 1.29 is 9.53 Å². The first-order valence-electron chi connectivity index (χ1n) is 10.1. The van der Waals surface area contributed by atoms with Crippen LogP contribution in [0.4, 0.5) is 11.4 Å². The molecule has 1 N–H and O–H groups in total. The summed E-state index contributed by atoms with van der Waals surface area (Å²) >= 11 is 1.32. The van der Waals surface area contributed by atoms with Crippen molar-refractivity contribution in [2.45, 2.75) is 12.1 Å². The van der Waals surface area contributed by atoms with Crippen LogP contribution in [0.5, 0.6) is 5.75 Å². The first kappa shape index (κ1) is 21.5. The van der Waals surface area contributed by atoms with Crippen LogP contribution in [0.2, 0.25) is 0 Å². The fraction of sp³-hybridized carbons (Fsp3) is 0.125. The lowest BCUT2D eigenvalue weighted by molar-refractivity contribution is -0.118. The normalized spacial score (nSPS) is 10.6. The zero-order chi connectivity index (χ0) is 22.3. The summed E-state index contributed by atoms with van der Waals surface area (Å²) in [6.07, 6.45) is 0. The second kappa shape index (κ2) is 10.0. The summed E-state index contributed by atoms with van der Waals surface area (Å²) in [4.78, 5) is 12.9. The van der Waals surface area contributed by atoms with Crippen molar-refractivity contribution >= 4 is 29.0 Å². The summed E-state index contributed by atoms with van der Waals surface area (Å²) in [6.45, 7) is 1.87. The Balaban J connectivity index is 1.52. The van der Waals surface area contributed by atoms with Crippen LogP contribution in [-0.4, -0.2) is 33.5 Å². The fourth-order valence-electron chi connectivity index (χ4n) is 3.25. The van der Waals surface area contributed by atoms with E-state index >= 15 is 0 Å². The molecule has 32 heavy (non-hydrogen) atoms. The van der Waals surface area contributed by atoms with Crippen LogP contribution in [0.25, 0.3) is 5.69 Å². The minimum absolute atomic E-state index is 0.157. The van der Waals surface area contributed by atoms with Gasteiger partial charge in [-0.15, -0.1) is 10.2 Å². The number of thioether (sulfide) groups is 1. The van der Waals surface area contributed by atoms with E-state index in [1.807, 2.05) is 96.4 Å². The van der Waals surface area contributed by atoms with E-state index < -0.39 is 0 Å². The van der Waals surface area contributed by atoms with Crippen LogP contribution in [0.1, 0.15) is 5.82 Å². The van der Waals surface area contributed by atoms with E-state index in [-0.39, 0.29) is 11.7 Å². The highest BCUT2D eigenvalue weighted by Crippen LogP contribution is 2.28. The van der Waals surface area contributed by atoms with Crippen LogP contribution in [0.15, 0.2) is 90.1 Å². The van der Waals surface area contributed by atoms with E-state index in [1.165, 1.54) is 11.8 Å². The number of benzene rings is 3. The highest BCUT2D eigenvalue weighted by Gasteiger charge is 2.18. The van der Waals surface area contributed by atoms with Gasteiger partial charge in [-0.1, -0.05) is 60.3 Å². The quantitative estimate of drug-likeness (QED) is 0.317. The molecule has 0 aliphatic carbocycles. The third-order valence-corrected chi connectivity index (χ3v) is 5.65. The Labute approximate surface area is 191 Å². The largest absolute Gasteiger partial charge is 0.495 e. The van der Waals surface area contributed by atoms with E-state index in [0.29, 0.717) is 16.7 Å². The van der Waals surface area contributed by atoms with Crippen LogP contribution >= 0.6 is 11.8 Å². The number of para-hydroxylation sites is 4. The van der Waals surface area contributed by atoms with Gasteiger partial charge in [0.15, 0.2) is 5.16 Å². The number of nitrogens with zero attached hydrogens (tertiary/aromatic N) is 4. The topological polar surface area (TPSA) is 72.3 Å². The third-order valence-electron chi connectivity index (χ3n) is 4.72. The van der Waals surface area contributed by atoms with Crippen molar-refractivity contribution in [3.05, 3.63) is 90.8 Å². The van der Waals surface area contributed by atoms with Gasteiger partial charge in [0.25, 0.3) is 0 Å². The summed E-state index contributed by atoms with van der Waals surface area (Å²) in [5.41, 5.74) is 5.56. The molecule has 0 unspecified atom stereocenters. The Morgan fingerprint density at radius 3 is 2.16 bits per heavy atom. The average Bonchev–Trinajstić information content (AvgIpc) is 3.22. The molecule has 0 fully saturated rings. The first-order valence-corrected chi connectivity index (χ1v) is 11.0. The molecule has 0 saturated carbocycles. The van der Waals surface area contributed by atoms with Crippen molar-refractivity contribution in [1.29, 1.82) is 0 Å². The molecule has 3 aromatic carbocycles. The number of amides is 1. The lowest BCUT2D eigenvalue weighted by Gasteiger charge is -2.25. The van der Waals surface area contributed by atoms with Gasteiger partial charge in [0, 0.05) is 0 Å². The Kier molecular flexibility index (Phi) is 6.72. The fourth-order valence-corrected chi connectivity index (χ4v) is 4.03. The van der Waals surface area contributed by atoms with Crippen LogP contribution < -0.4 is 15.2 Å². The van der Waals surface area contributed by atoms with Crippen molar-refractivity contribution in [1.82, 2.24) is 20.2 Å². The maximum atomic E-state index is 12.9. The van der Waals surface area contributed by atoms with Crippen molar-refractivity contribution in [2.75, 3.05) is 17.9 Å². The Morgan fingerprint density at radius 1 is 0.938 bits per heavy atom. The lowest BCUT2D eigenvalue weighted by atomic mass is 10.2. The maximum absolute atomic E-state index is 12.9. The summed E-state index contributed by atoms with van der Waals surface area (Å²) in [5, 5.41) is 10.9. The maximum Gasteiger partial charge on any atom is 0.249 e. The summed E-state index contributed by atoms with van der Waals surface area (Å²) < 4.78 is 7.38. The molecule has 162 valence electrons. The van der Waals surface area contributed by atoms with Crippen LogP contribution in [0.3, 0.4) is 0 Å². The summed E-state index contributed by atoms with van der Waals surface area (Å²) in [6, 6.07) is 27.1. The molecule has 0 atom stereocenters. The molecule has 1 heterocycles. The van der Waals surface area contributed by atoms with Crippen molar-refractivity contribution in [2.24, 2.45) is 0 Å². The minimum atomic E-state index is -0.157. The standard InChI is InChI=1S/C24H23N5O2S/c1-18-25-26-24(28(18)21-15-9-10-16-22(21)31-2)32-17-23(30)27-29(19-11-5-3-6-12-19)20-13-7-4-8-14-20/h3-16H,17H2,1-2H3,(H,27,30). The molecule has 0 spiro atoms. The molecule has 8 heteroatoms. The molecule has 0 saturated heterocycles. The van der Waals surface area contributed by atoms with E-state index in [0.717, 1.165) is 17.1 Å². The molecule has 4 rings (SSSR count). The second-order valence-corrected chi connectivity index (χ2v) is 7.81. The van der Waals surface area contributed by atoms with Gasteiger partial charge < -0.3 is 4.74 Å². The number of methoxy groups -OCH3 is 1. The number of carbonyl (C=O) groups is 1. The molecule has 7 nitrogen and oxygen atoms in total. The van der Waals surface area contributed by atoms with Crippen molar-refractivity contribution in [3.8, 4) is 11.4 Å². The number of hydrogen-bond donors (Lipinski definition) is 1. The Hall–Kier alpha value is -3.78. The Morgan fingerprint density at radius 2 is 1.53 bits per heavy atom. The number of rotatable bonds is 8. The first-order chi connectivity index (χ1) is 15.7. The monoisotopic (exact) mass is 445 g/mol. The number of aryl methyl sites for hydroxylation is 1. The van der Waals surface area contributed by atoms with Gasteiger partial charge >= 0.3 is 0 Å². The molecule has 0 bridgehead atoms. The highest BCUT2D eigenvalue weighted by molar-refractivity contribution is 7.99.